The Morgan fingerprint density at radius 1 is 1.00 bits per heavy atom. The molecule has 8 heteroatoms. The van der Waals surface area contributed by atoms with Gasteiger partial charge in [-0.15, -0.1) is 0 Å². The van der Waals surface area contributed by atoms with E-state index in [1.165, 1.54) is 23.1 Å². The largest absolute Gasteiger partial charge is 0.301 e. The molecular formula is C20H13F3N4O. The Hall–Kier alpha value is -3.55. The van der Waals surface area contributed by atoms with E-state index in [9.17, 15) is 18.0 Å². The number of hydrogen-bond donors (Lipinski definition) is 0. The van der Waals surface area contributed by atoms with Crippen LogP contribution in [0.4, 0.5) is 13.2 Å². The van der Waals surface area contributed by atoms with Gasteiger partial charge < -0.3 is 4.79 Å². The molecule has 0 N–H and O–H groups in total. The van der Waals surface area contributed by atoms with E-state index >= 15 is 0 Å². The number of halogens is 3. The zero-order valence-electron chi connectivity index (χ0n) is 14.3. The lowest BCUT2D eigenvalue weighted by molar-refractivity contribution is -0.109. The number of hydrogen-bond acceptors (Lipinski definition) is 4. The van der Waals surface area contributed by atoms with Crippen molar-refractivity contribution >= 4 is 17.3 Å². The summed E-state index contributed by atoms with van der Waals surface area (Å²) in [7, 11) is 0. The van der Waals surface area contributed by atoms with Gasteiger partial charge in [0.2, 0.25) is 0 Å². The number of aldehydes is 1. The highest BCUT2D eigenvalue weighted by Gasteiger charge is 2.19. The number of carbonyl (C=O) groups is 1. The number of benzene rings is 1. The maximum absolute atomic E-state index is 13.6. The average molecular weight is 382 g/mol. The zero-order chi connectivity index (χ0) is 19.7. The SMILES string of the molecule is O=C[C@H](c1ccccn1)n1ncc2ncc(-c3ccc(F)c(C(F)F)c3)cc21. The van der Waals surface area contributed by atoms with Gasteiger partial charge in [-0.2, -0.15) is 5.10 Å². The van der Waals surface area contributed by atoms with Crippen molar-refractivity contribution in [3.8, 4) is 11.1 Å². The fourth-order valence-corrected chi connectivity index (χ4v) is 3.00. The molecule has 0 aliphatic carbocycles. The van der Waals surface area contributed by atoms with E-state index in [4.69, 9.17) is 0 Å². The fourth-order valence-electron chi connectivity index (χ4n) is 3.00. The minimum atomic E-state index is -2.93. The molecule has 0 amide bonds. The molecule has 0 aliphatic rings. The van der Waals surface area contributed by atoms with Crippen LogP contribution in [-0.2, 0) is 4.79 Å². The van der Waals surface area contributed by atoms with Crippen LogP contribution < -0.4 is 0 Å². The second kappa shape index (κ2) is 7.22. The normalized spacial score (nSPS) is 12.4. The van der Waals surface area contributed by atoms with Crippen molar-refractivity contribution in [1.29, 1.82) is 0 Å². The number of carbonyl (C=O) groups excluding carboxylic acids is 1. The summed E-state index contributed by atoms with van der Waals surface area (Å²) < 4.78 is 41.1. The molecule has 28 heavy (non-hydrogen) atoms. The van der Waals surface area contributed by atoms with Crippen LogP contribution >= 0.6 is 0 Å². The molecule has 0 saturated heterocycles. The Morgan fingerprint density at radius 2 is 1.86 bits per heavy atom. The molecular weight excluding hydrogens is 369 g/mol. The topological polar surface area (TPSA) is 60.7 Å². The van der Waals surface area contributed by atoms with Gasteiger partial charge in [0, 0.05) is 18.0 Å². The van der Waals surface area contributed by atoms with E-state index < -0.39 is 23.8 Å². The van der Waals surface area contributed by atoms with Gasteiger partial charge in [0.15, 0.2) is 6.29 Å². The molecule has 1 atom stereocenters. The standard InChI is InChI=1S/C20H13F3N4O/c21-15-5-4-12(7-14(15)20(22)23)13-8-18-17(25-9-13)10-26-27(18)19(11-28)16-3-1-2-6-24-16/h1-11,19-20H/t19-/m1/s1. The molecule has 3 heterocycles. The molecule has 0 fully saturated rings. The monoisotopic (exact) mass is 382 g/mol. The summed E-state index contributed by atoms with van der Waals surface area (Å²) in [5.41, 5.74) is 1.78. The Labute approximate surface area is 157 Å². The third-order valence-electron chi connectivity index (χ3n) is 4.40. The van der Waals surface area contributed by atoms with Crippen molar-refractivity contribution in [3.63, 3.8) is 0 Å². The third kappa shape index (κ3) is 3.13. The zero-order valence-corrected chi connectivity index (χ0v) is 14.3. The van der Waals surface area contributed by atoms with E-state index in [-0.39, 0.29) is 0 Å². The molecule has 1 aromatic carbocycles. The summed E-state index contributed by atoms with van der Waals surface area (Å²) >= 11 is 0. The van der Waals surface area contributed by atoms with Crippen LogP contribution in [0, 0.1) is 5.82 Å². The van der Waals surface area contributed by atoms with Gasteiger partial charge in [-0.25, -0.2) is 17.9 Å². The number of aromatic nitrogens is 4. The number of pyridine rings is 2. The maximum Gasteiger partial charge on any atom is 0.266 e. The summed E-state index contributed by atoms with van der Waals surface area (Å²) in [6.45, 7) is 0. The van der Waals surface area contributed by atoms with Crippen molar-refractivity contribution in [1.82, 2.24) is 19.7 Å². The van der Waals surface area contributed by atoms with Crippen molar-refractivity contribution in [2.45, 2.75) is 12.5 Å². The van der Waals surface area contributed by atoms with Crippen LogP contribution in [0.25, 0.3) is 22.2 Å². The number of nitrogens with zero attached hydrogens (tertiary/aromatic N) is 4. The number of alkyl halides is 2. The first kappa shape index (κ1) is 17.8. The molecule has 3 aromatic heterocycles. The molecule has 0 saturated carbocycles. The second-order valence-electron chi connectivity index (χ2n) is 6.09. The van der Waals surface area contributed by atoms with Crippen LogP contribution in [0.15, 0.2) is 61.1 Å². The van der Waals surface area contributed by atoms with Gasteiger partial charge in [0.1, 0.15) is 17.4 Å². The maximum atomic E-state index is 13.6. The highest BCUT2D eigenvalue weighted by Crippen LogP contribution is 2.30. The quantitative estimate of drug-likeness (QED) is 0.481. The predicted molar refractivity (Wildman–Crippen MR) is 96.3 cm³/mol. The van der Waals surface area contributed by atoms with Gasteiger partial charge >= 0.3 is 0 Å². The Bertz CT molecular complexity index is 1140. The Kier molecular flexibility index (Phi) is 4.60. The highest BCUT2D eigenvalue weighted by atomic mass is 19.3. The summed E-state index contributed by atoms with van der Waals surface area (Å²) in [6, 6.07) is 9.62. The number of rotatable bonds is 5. The van der Waals surface area contributed by atoms with Crippen molar-refractivity contribution in [3.05, 3.63) is 78.1 Å². The van der Waals surface area contributed by atoms with Crippen molar-refractivity contribution in [2.24, 2.45) is 0 Å². The first-order valence-corrected chi connectivity index (χ1v) is 8.36. The van der Waals surface area contributed by atoms with Gasteiger partial charge in [0.05, 0.1) is 23.0 Å². The van der Waals surface area contributed by atoms with E-state index in [0.717, 1.165) is 12.1 Å². The molecule has 0 radical (unpaired) electrons. The summed E-state index contributed by atoms with van der Waals surface area (Å²) in [6.07, 6.45) is 2.37. The van der Waals surface area contributed by atoms with Crippen molar-refractivity contribution in [2.75, 3.05) is 0 Å². The first-order valence-electron chi connectivity index (χ1n) is 8.36. The van der Waals surface area contributed by atoms with Crippen molar-refractivity contribution < 1.29 is 18.0 Å². The third-order valence-corrected chi connectivity index (χ3v) is 4.40. The molecule has 0 spiro atoms. The summed E-state index contributed by atoms with van der Waals surface area (Å²) in [5.74, 6) is -0.964. The van der Waals surface area contributed by atoms with Crippen LogP contribution in [0.3, 0.4) is 0 Å². The van der Waals surface area contributed by atoms with Gasteiger partial charge in [-0.1, -0.05) is 12.1 Å². The summed E-state index contributed by atoms with van der Waals surface area (Å²) in [4.78, 5) is 20.2. The van der Waals surface area contributed by atoms with Crippen LogP contribution in [0.2, 0.25) is 0 Å². The first-order chi connectivity index (χ1) is 13.6. The number of fused-ring (bicyclic) bond motifs is 1. The second-order valence-corrected chi connectivity index (χ2v) is 6.09. The van der Waals surface area contributed by atoms with E-state index in [0.29, 0.717) is 34.1 Å². The highest BCUT2D eigenvalue weighted by molar-refractivity contribution is 5.82. The van der Waals surface area contributed by atoms with E-state index in [2.05, 4.69) is 15.1 Å². The van der Waals surface area contributed by atoms with Gasteiger partial charge in [0.25, 0.3) is 6.43 Å². The smallest absolute Gasteiger partial charge is 0.266 e. The molecule has 4 rings (SSSR count). The predicted octanol–water partition coefficient (Wildman–Crippen LogP) is 4.36. The lowest BCUT2D eigenvalue weighted by atomic mass is 10.0. The molecule has 0 aliphatic heterocycles. The summed E-state index contributed by atoms with van der Waals surface area (Å²) in [5, 5.41) is 4.24. The van der Waals surface area contributed by atoms with E-state index in [1.54, 1.807) is 30.5 Å². The Balaban J connectivity index is 1.83. The average Bonchev–Trinajstić information content (AvgIpc) is 3.13. The minimum Gasteiger partial charge on any atom is -0.301 e. The lowest BCUT2D eigenvalue weighted by Crippen LogP contribution is -2.14. The molecule has 140 valence electrons. The Morgan fingerprint density at radius 3 is 2.57 bits per heavy atom. The minimum absolute atomic E-state index is 0.388. The lowest BCUT2D eigenvalue weighted by Gasteiger charge is -2.12. The van der Waals surface area contributed by atoms with Crippen LogP contribution in [0.1, 0.15) is 23.7 Å². The van der Waals surface area contributed by atoms with Crippen LogP contribution in [0.5, 0.6) is 0 Å². The molecule has 4 aromatic rings. The van der Waals surface area contributed by atoms with Crippen LogP contribution in [-0.4, -0.2) is 26.0 Å². The van der Waals surface area contributed by atoms with E-state index in [1.807, 2.05) is 0 Å². The van der Waals surface area contributed by atoms with Gasteiger partial charge in [-0.05, 0) is 35.9 Å². The molecule has 5 nitrogen and oxygen atoms in total. The molecule has 0 unspecified atom stereocenters. The van der Waals surface area contributed by atoms with Gasteiger partial charge in [-0.3, -0.25) is 9.97 Å². The fraction of sp³-hybridized carbons (Fsp3) is 0.100. The molecule has 0 bridgehead atoms.